The van der Waals surface area contributed by atoms with E-state index in [2.05, 4.69) is 0 Å². The normalized spacial score (nSPS) is 24.5. The number of benzene rings is 5. The highest BCUT2D eigenvalue weighted by Crippen LogP contribution is 2.61. The summed E-state index contributed by atoms with van der Waals surface area (Å²) in [5.41, 5.74) is 3.89. The first-order chi connectivity index (χ1) is 26.0. The minimum absolute atomic E-state index is 0.126. The maximum Gasteiger partial charge on any atom is 0.264 e. The molecule has 1 saturated heterocycles. The van der Waals surface area contributed by atoms with Crippen LogP contribution in [0, 0.1) is 5.92 Å². The molecule has 0 bridgehead atoms. The maximum atomic E-state index is 16.8. The molecule has 1 N–H and O–H groups in total. The maximum absolute atomic E-state index is 16.8. The van der Waals surface area contributed by atoms with Crippen LogP contribution in [-0.2, 0) is 39.4 Å². The van der Waals surface area contributed by atoms with Crippen LogP contribution in [-0.4, -0.2) is 54.9 Å². The van der Waals surface area contributed by atoms with Crippen LogP contribution >= 0.6 is 0 Å². The molecule has 1 fully saturated rings. The van der Waals surface area contributed by atoms with Crippen molar-refractivity contribution in [2.24, 2.45) is 5.92 Å². The number of rotatable bonds is 7. The molecule has 5 aromatic rings. The third-order valence-corrected chi connectivity index (χ3v) is 14.7. The quantitative estimate of drug-likeness (QED) is 0.136. The van der Waals surface area contributed by atoms with E-state index in [9.17, 15) is 14.7 Å². The molecule has 4 aliphatic rings. The topological polar surface area (TPSA) is 90.4 Å². The van der Waals surface area contributed by atoms with Crippen molar-refractivity contribution < 1.29 is 28.3 Å². The summed E-state index contributed by atoms with van der Waals surface area (Å²) >= 11 is 0. The summed E-state index contributed by atoms with van der Waals surface area (Å²) < 4.78 is 23.8. The first-order valence-electron chi connectivity index (χ1n) is 18.7. The number of aliphatic hydroxyl groups is 1. The number of hydrogen-bond donors (Lipinski definition) is 1. The van der Waals surface area contributed by atoms with E-state index in [1.165, 1.54) is 0 Å². The second-order valence-electron chi connectivity index (χ2n) is 15.7. The zero-order valence-corrected chi connectivity index (χ0v) is 31.5. The molecule has 0 radical (unpaired) electrons. The molecule has 9 rings (SSSR count). The van der Waals surface area contributed by atoms with Gasteiger partial charge in [0, 0.05) is 34.6 Å². The largest absolute Gasteiger partial charge is 0.394 e. The van der Waals surface area contributed by atoms with Crippen LogP contribution in [0.3, 0.4) is 0 Å². The highest BCUT2D eigenvalue weighted by atomic mass is 28.4. The molecule has 3 amide bonds. The van der Waals surface area contributed by atoms with E-state index in [1.807, 2.05) is 116 Å². The van der Waals surface area contributed by atoms with Gasteiger partial charge in [0.1, 0.15) is 0 Å². The average Bonchev–Trinajstić information content (AvgIpc) is 3.72. The fourth-order valence-corrected chi connectivity index (χ4v) is 12.3. The molecule has 0 aromatic heterocycles. The first-order valence-corrected chi connectivity index (χ1v) is 21.7. The fourth-order valence-electron chi connectivity index (χ4n) is 9.80. The lowest BCUT2D eigenvalue weighted by molar-refractivity contribution is -0.151. The van der Waals surface area contributed by atoms with Gasteiger partial charge in [0.25, 0.3) is 11.8 Å². The molecule has 5 aromatic carbocycles. The Bertz CT molecular complexity index is 2340. The minimum Gasteiger partial charge on any atom is -0.394 e. The highest BCUT2D eigenvalue weighted by molar-refractivity contribution is 6.72. The van der Waals surface area contributed by atoms with Crippen molar-refractivity contribution in [2.75, 3.05) is 16.4 Å². The van der Waals surface area contributed by atoms with Crippen LogP contribution in [0.4, 0.5) is 21.2 Å². The molecule has 5 atom stereocenters. The Labute approximate surface area is 314 Å². The lowest BCUT2D eigenvalue weighted by Gasteiger charge is -2.37. The number of carbonyl (C=O) groups is 3. The Morgan fingerprint density at radius 3 is 2.37 bits per heavy atom. The highest BCUT2D eigenvalue weighted by Gasteiger charge is 2.67. The molecule has 8 nitrogen and oxygen atoms in total. The summed E-state index contributed by atoms with van der Waals surface area (Å²) in [6.07, 6.45) is -0.495. The predicted molar refractivity (Wildman–Crippen MR) is 209 cm³/mol. The molecule has 4 heterocycles. The van der Waals surface area contributed by atoms with Crippen LogP contribution in [0.2, 0.25) is 18.6 Å². The number of amides is 3. The lowest BCUT2D eigenvalue weighted by atomic mass is 9.82. The molecule has 0 saturated carbocycles. The summed E-state index contributed by atoms with van der Waals surface area (Å²) in [6.45, 7) is 5.54. The monoisotopic (exact) mass is 739 g/mol. The van der Waals surface area contributed by atoms with E-state index in [1.54, 1.807) is 27.8 Å². The number of ether oxygens (including phenoxy) is 1. The molecule has 0 unspecified atom stereocenters. The van der Waals surface area contributed by atoms with E-state index < -0.39 is 37.6 Å². The molecule has 54 heavy (non-hydrogen) atoms. The van der Waals surface area contributed by atoms with Crippen molar-refractivity contribution in [3.8, 4) is 0 Å². The standard InChI is InChI=1S/C44H42FN3O5Si/c1-27-41(54(2,3)45)38(23-39(50)46-25-31-14-8-7-13-30(31)21-33(46)26-49)53-44(27)35-22-32(19-20-36(35)47(43(44)52)24-28-11-5-4-6-12-28)48-37-18-10-16-29-15-9-17-34(40(29)37)42(48)51/h4-20,22,27,33,38,41,49H,21,23-26H2,1-3H3/t27-,33+,38+,41-,44+/m1/s1. The second-order valence-corrected chi connectivity index (χ2v) is 19.5. The Hall–Kier alpha value is -5.16. The van der Waals surface area contributed by atoms with Crippen molar-refractivity contribution in [3.05, 3.63) is 137 Å². The van der Waals surface area contributed by atoms with Crippen LogP contribution in [0.25, 0.3) is 10.8 Å². The van der Waals surface area contributed by atoms with E-state index >= 15 is 8.90 Å². The number of halogens is 1. The van der Waals surface area contributed by atoms with E-state index in [0.29, 0.717) is 35.5 Å². The van der Waals surface area contributed by atoms with E-state index in [-0.39, 0.29) is 37.3 Å². The Morgan fingerprint density at radius 2 is 1.63 bits per heavy atom. The smallest absolute Gasteiger partial charge is 0.264 e. The molecule has 1 spiro atoms. The van der Waals surface area contributed by atoms with Gasteiger partial charge in [-0.25, -0.2) is 0 Å². The van der Waals surface area contributed by atoms with Crippen molar-refractivity contribution in [3.63, 3.8) is 0 Å². The number of aliphatic hydroxyl groups excluding tert-OH is 1. The summed E-state index contributed by atoms with van der Waals surface area (Å²) in [5, 5.41) is 12.2. The van der Waals surface area contributed by atoms with Crippen LogP contribution < -0.4 is 9.80 Å². The molecule has 10 heteroatoms. The van der Waals surface area contributed by atoms with Crippen molar-refractivity contribution in [2.45, 2.75) is 69.2 Å². The van der Waals surface area contributed by atoms with Gasteiger partial charge in [-0.15, -0.1) is 0 Å². The Balaban J connectivity index is 1.14. The lowest BCUT2D eigenvalue weighted by Crippen LogP contribution is -2.48. The van der Waals surface area contributed by atoms with Gasteiger partial charge < -0.3 is 23.8 Å². The van der Waals surface area contributed by atoms with Gasteiger partial charge in [0.05, 0.1) is 48.7 Å². The zero-order chi connectivity index (χ0) is 37.5. The molecular weight excluding hydrogens is 698 g/mol. The summed E-state index contributed by atoms with van der Waals surface area (Å²) in [7, 11) is -3.60. The Kier molecular flexibility index (Phi) is 8.15. The third kappa shape index (κ3) is 5.18. The molecule has 274 valence electrons. The van der Waals surface area contributed by atoms with Crippen molar-refractivity contribution in [1.29, 1.82) is 0 Å². The van der Waals surface area contributed by atoms with Gasteiger partial charge in [-0.1, -0.05) is 85.8 Å². The molecule has 4 aliphatic heterocycles. The van der Waals surface area contributed by atoms with Gasteiger partial charge in [-0.05, 0) is 71.9 Å². The number of anilines is 3. The Morgan fingerprint density at radius 1 is 0.907 bits per heavy atom. The average molecular weight is 740 g/mol. The third-order valence-electron chi connectivity index (χ3n) is 12.2. The zero-order valence-electron chi connectivity index (χ0n) is 30.5. The van der Waals surface area contributed by atoms with Crippen molar-refractivity contribution in [1.82, 2.24) is 4.90 Å². The molecular formula is C44H42FN3O5Si. The van der Waals surface area contributed by atoms with Gasteiger partial charge >= 0.3 is 0 Å². The summed E-state index contributed by atoms with van der Waals surface area (Å²) in [4.78, 5) is 48.6. The number of hydrogen-bond acceptors (Lipinski definition) is 5. The van der Waals surface area contributed by atoms with Crippen LogP contribution in [0.1, 0.15) is 46.0 Å². The fraction of sp³-hybridized carbons (Fsp3) is 0.295. The minimum atomic E-state index is -3.60. The first kappa shape index (κ1) is 34.6. The van der Waals surface area contributed by atoms with Gasteiger partial charge in [-0.2, -0.15) is 0 Å². The van der Waals surface area contributed by atoms with Crippen LogP contribution in [0.15, 0.2) is 109 Å². The second kappa shape index (κ2) is 12.7. The van der Waals surface area contributed by atoms with Gasteiger partial charge in [0.15, 0.2) is 5.60 Å². The van der Waals surface area contributed by atoms with Gasteiger partial charge in [-0.3, -0.25) is 19.3 Å². The summed E-state index contributed by atoms with van der Waals surface area (Å²) in [5.74, 6) is -1.34. The number of fused-ring (bicyclic) bond motifs is 3. The summed E-state index contributed by atoms with van der Waals surface area (Å²) in [6, 6.07) is 34.3. The van der Waals surface area contributed by atoms with E-state index in [4.69, 9.17) is 4.74 Å². The number of nitrogens with zero attached hydrogens (tertiary/aromatic N) is 3. The predicted octanol–water partition coefficient (Wildman–Crippen LogP) is 7.79. The van der Waals surface area contributed by atoms with E-state index in [0.717, 1.165) is 33.2 Å². The van der Waals surface area contributed by atoms with Crippen molar-refractivity contribution >= 4 is 54.0 Å². The van der Waals surface area contributed by atoms with Crippen LogP contribution in [0.5, 0.6) is 0 Å². The van der Waals surface area contributed by atoms with Gasteiger partial charge in [0.2, 0.25) is 14.3 Å². The number of carbonyl (C=O) groups excluding carboxylic acids is 3. The molecule has 0 aliphatic carbocycles. The SMILES string of the molecule is C[C@@H]1[C@@H]([Si](C)(C)F)[C@H](CC(=O)N2Cc3ccccc3C[C@H]2CO)O[C@@]12C(=O)N(Cc1ccccc1)c1ccc(N3C(=O)c4cccc5cccc3c45)cc12.